The zero-order valence-corrected chi connectivity index (χ0v) is 13.0. The lowest BCUT2D eigenvalue weighted by atomic mass is 10.1. The lowest BCUT2D eigenvalue weighted by molar-refractivity contribution is -0.136. The number of aliphatic carboxylic acids is 1. The van der Waals surface area contributed by atoms with E-state index < -0.39 is 5.97 Å². The highest BCUT2D eigenvalue weighted by molar-refractivity contribution is 5.74. The number of carbonyl (C=O) groups is 2. The fourth-order valence-corrected chi connectivity index (χ4v) is 2.85. The number of carbonyl (C=O) groups excluding carboxylic acids is 1. The van der Waals surface area contributed by atoms with Crippen molar-refractivity contribution in [1.29, 1.82) is 0 Å². The Hall–Kier alpha value is -2.08. The van der Waals surface area contributed by atoms with Crippen molar-refractivity contribution in [1.82, 2.24) is 10.2 Å². The summed E-state index contributed by atoms with van der Waals surface area (Å²) in [6, 6.07) is 7.21. The van der Waals surface area contributed by atoms with Gasteiger partial charge in [-0.25, -0.2) is 4.79 Å². The minimum absolute atomic E-state index is 0.0168. The van der Waals surface area contributed by atoms with Crippen LogP contribution in [0.3, 0.4) is 0 Å². The second kappa shape index (κ2) is 7.00. The van der Waals surface area contributed by atoms with Crippen molar-refractivity contribution in [2.45, 2.75) is 31.9 Å². The third-order valence-electron chi connectivity index (χ3n) is 4.35. The Morgan fingerprint density at radius 3 is 2.57 bits per heavy atom. The van der Waals surface area contributed by atoms with E-state index in [0.717, 1.165) is 11.1 Å². The quantitative estimate of drug-likeness (QED) is 0.865. The van der Waals surface area contributed by atoms with Crippen molar-refractivity contribution in [2.75, 3.05) is 19.7 Å². The molecule has 124 valence electrons. The molecule has 0 aromatic heterocycles. The maximum Gasteiger partial charge on any atom is 0.317 e. The van der Waals surface area contributed by atoms with Gasteiger partial charge < -0.3 is 20.1 Å². The highest BCUT2D eigenvalue weighted by atomic mass is 16.5. The van der Waals surface area contributed by atoms with E-state index in [1.807, 2.05) is 17.0 Å². The highest BCUT2D eigenvalue weighted by Gasteiger charge is 2.36. The summed E-state index contributed by atoms with van der Waals surface area (Å²) in [6.07, 6.45) is 2.64. The number of morpholine rings is 1. The summed E-state index contributed by atoms with van der Waals surface area (Å²) in [5.41, 5.74) is 1.72. The van der Waals surface area contributed by atoms with Crippen LogP contribution in [0, 0.1) is 5.92 Å². The van der Waals surface area contributed by atoms with Gasteiger partial charge in [-0.2, -0.15) is 0 Å². The van der Waals surface area contributed by atoms with Crippen molar-refractivity contribution >= 4 is 12.0 Å². The largest absolute Gasteiger partial charge is 0.481 e. The molecular weight excluding hydrogens is 296 g/mol. The standard InChI is InChI=1S/C17H22N2O4/c20-16(21)9-12-1-3-13(4-2-12)10-18-17(22)19-7-8-23-15(11-19)14-5-6-14/h1-4,14-15H,5-11H2,(H,18,22)(H,20,21). The summed E-state index contributed by atoms with van der Waals surface area (Å²) in [7, 11) is 0. The molecule has 0 spiro atoms. The lowest BCUT2D eigenvalue weighted by Crippen LogP contribution is -2.50. The van der Waals surface area contributed by atoms with E-state index >= 15 is 0 Å². The van der Waals surface area contributed by atoms with E-state index in [0.29, 0.717) is 32.2 Å². The summed E-state index contributed by atoms with van der Waals surface area (Å²) < 4.78 is 5.72. The molecule has 0 bridgehead atoms. The topological polar surface area (TPSA) is 78.9 Å². The van der Waals surface area contributed by atoms with Crippen LogP contribution in [0.2, 0.25) is 0 Å². The van der Waals surface area contributed by atoms with Crippen LogP contribution in [0.1, 0.15) is 24.0 Å². The molecular formula is C17H22N2O4. The number of carboxylic acid groups (broad SMARTS) is 1. The Kier molecular flexibility index (Phi) is 4.81. The smallest absolute Gasteiger partial charge is 0.317 e. The molecule has 2 N–H and O–H groups in total. The Balaban J connectivity index is 1.47. The molecule has 1 saturated carbocycles. The number of nitrogens with one attached hydrogen (secondary N) is 1. The fourth-order valence-electron chi connectivity index (χ4n) is 2.85. The van der Waals surface area contributed by atoms with Crippen LogP contribution in [0.25, 0.3) is 0 Å². The molecule has 6 heteroatoms. The molecule has 1 aromatic carbocycles. The van der Waals surface area contributed by atoms with Gasteiger partial charge in [0.05, 0.1) is 19.1 Å². The predicted molar refractivity (Wildman–Crippen MR) is 84.1 cm³/mol. The molecule has 1 saturated heterocycles. The van der Waals surface area contributed by atoms with Gasteiger partial charge in [-0.15, -0.1) is 0 Å². The molecule has 2 amide bonds. The second-order valence-corrected chi connectivity index (χ2v) is 6.24. The number of amides is 2. The molecule has 0 radical (unpaired) electrons. The van der Waals surface area contributed by atoms with Crippen molar-refractivity contribution < 1.29 is 19.4 Å². The molecule has 2 fully saturated rings. The Labute approximate surface area is 135 Å². The number of rotatable bonds is 5. The van der Waals surface area contributed by atoms with Crippen molar-refractivity contribution in [3.8, 4) is 0 Å². The van der Waals surface area contributed by atoms with Gasteiger partial charge in [0.2, 0.25) is 0 Å². The number of ether oxygens (including phenoxy) is 1. The van der Waals surface area contributed by atoms with E-state index in [9.17, 15) is 9.59 Å². The third kappa shape index (κ3) is 4.45. The normalized spacial score (nSPS) is 21.0. The summed E-state index contributed by atoms with van der Waals surface area (Å²) in [6.45, 7) is 2.36. The molecule has 1 unspecified atom stereocenters. The molecule has 23 heavy (non-hydrogen) atoms. The van der Waals surface area contributed by atoms with Crippen LogP contribution >= 0.6 is 0 Å². The average Bonchev–Trinajstić information content (AvgIpc) is 3.38. The molecule has 1 aliphatic carbocycles. The van der Waals surface area contributed by atoms with Crippen LogP contribution in [0.4, 0.5) is 4.79 Å². The molecule has 1 heterocycles. The minimum atomic E-state index is -0.844. The van der Waals surface area contributed by atoms with Gasteiger partial charge >= 0.3 is 12.0 Å². The number of hydrogen-bond donors (Lipinski definition) is 2. The Morgan fingerprint density at radius 1 is 1.22 bits per heavy atom. The maximum absolute atomic E-state index is 12.3. The first-order valence-corrected chi connectivity index (χ1v) is 8.06. The first-order chi connectivity index (χ1) is 11.1. The maximum atomic E-state index is 12.3. The molecule has 2 aliphatic rings. The van der Waals surface area contributed by atoms with E-state index in [4.69, 9.17) is 9.84 Å². The van der Waals surface area contributed by atoms with Crippen LogP contribution < -0.4 is 5.32 Å². The van der Waals surface area contributed by atoms with E-state index in [1.165, 1.54) is 12.8 Å². The molecule has 1 aromatic rings. The third-order valence-corrected chi connectivity index (χ3v) is 4.35. The number of benzene rings is 1. The summed E-state index contributed by atoms with van der Waals surface area (Å²) >= 11 is 0. The molecule has 6 nitrogen and oxygen atoms in total. The Bertz CT molecular complexity index is 568. The number of carboxylic acids is 1. The van der Waals surface area contributed by atoms with E-state index in [2.05, 4.69) is 5.32 Å². The monoisotopic (exact) mass is 318 g/mol. The van der Waals surface area contributed by atoms with Crippen LogP contribution in [0.15, 0.2) is 24.3 Å². The van der Waals surface area contributed by atoms with Crippen LogP contribution in [-0.2, 0) is 22.5 Å². The van der Waals surface area contributed by atoms with Gasteiger partial charge in [0, 0.05) is 19.6 Å². The molecule has 3 rings (SSSR count). The van der Waals surface area contributed by atoms with E-state index in [1.54, 1.807) is 12.1 Å². The number of urea groups is 1. The minimum Gasteiger partial charge on any atom is -0.481 e. The SMILES string of the molecule is O=C(O)Cc1ccc(CNC(=O)N2CCOC(C3CC3)C2)cc1. The fraction of sp³-hybridized carbons (Fsp3) is 0.529. The average molecular weight is 318 g/mol. The molecule has 1 atom stereocenters. The number of hydrogen-bond acceptors (Lipinski definition) is 3. The first kappa shape index (κ1) is 15.8. The highest BCUT2D eigenvalue weighted by Crippen LogP contribution is 2.35. The summed E-state index contributed by atoms with van der Waals surface area (Å²) in [5.74, 6) is -0.212. The van der Waals surface area contributed by atoms with Crippen LogP contribution in [0.5, 0.6) is 0 Å². The van der Waals surface area contributed by atoms with Gasteiger partial charge in [0.1, 0.15) is 0 Å². The summed E-state index contributed by atoms with van der Waals surface area (Å²) in [4.78, 5) is 24.7. The van der Waals surface area contributed by atoms with Gasteiger partial charge in [0.25, 0.3) is 0 Å². The second-order valence-electron chi connectivity index (χ2n) is 6.24. The molecule has 1 aliphatic heterocycles. The van der Waals surface area contributed by atoms with Gasteiger partial charge in [-0.05, 0) is 29.9 Å². The van der Waals surface area contributed by atoms with Crippen molar-refractivity contribution in [3.05, 3.63) is 35.4 Å². The van der Waals surface area contributed by atoms with Gasteiger partial charge in [-0.3, -0.25) is 4.79 Å². The first-order valence-electron chi connectivity index (χ1n) is 8.06. The zero-order valence-electron chi connectivity index (χ0n) is 13.0. The van der Waals surface area contributed by atoms with Crippen molar-refractivity contribution in [3.63, 3.8) is 0 Å². The summed E-state index contributed by atoms with van der Waals surface area (Å²) in [5, 5.41) is 11.7. The lowest BCUT2D eigenvalue weighted by Gasteiger charge is -2.33. The van der Waals surface area contributed by atoms with Crippen molar-refractivity contribution in [2.24, 2.45) is 5.92 Å². The van der Waals surface area contributed by atoms with E-state index in [-0.39, 0.29) is 18.6 Å². The van der Waals surface area contributed by atoms with Gasteiger partial charge in [0.15, 0.2) is 0 Å². The predicted octanol–water partition coefficient (Wildman–Crippen LogP) is 1.63. The van der Waals surface area contributed by atoms with Gasteiger partial charge in [-0.1, -0.05) is 24.3 Å². The zero-order chi connectivity index (χ0) is 16.2. The number of nitrogens with zero attached hydrogens (tertiary/aromatic N) is 1. The van der Waals surface area contributed by atoms with Crippen LogP contribution in [-0.4, -0.2) is 47.8 Å². The Morgan fingerprint density at radius 2 is 1.91 bits per heavy atom.